The first-order valence-electron chi connectivity index (χ1n) is 6.89. The molecule has 0 aliphatic carbocycles. The molecular formula is C17H16F3N. The molecule has 0 spiro atoms. The first-order chi connectivity index (χ1) is 9.86. The van der Waals surface area contributed by atoms with Gasteiger partial charge in [0.1, 0.15) is 0 Å². The molecule has 0 bridgehead atoms. The largest absolute Gasteiger partial charge is 0.418 e. The molecule has 2 aromatic rings. The molecule has 110 valence electrons. The summed E-state index contributed by atoms with van der Waals surface area (Å²) in [6, 6.07) is 10.4. The number of rotatable bonds is 1. The van der Waals surface area contributed by atoms with Crippen molar-refractivity contribution in [2.24, 2.45) is 0 Å². The summed E-state index contributed by atoms with van der Waals surface area (Å²) < 4.78 is 39.2. The van der Waals surface area contributed by atoms with Crippen LogP contribution in [-0.4, -0.2) is 0 Å². The van der Waals surface area contributed by atoms with E-state index < -0.39 is 11.7 Å². The summed E-state index contributed by atoms with van der Waals surface area (Å²) in [5, 5.41) is 3.07. The molecule has 1 atom stereocenters. The summed E-state index contributed by atoms with van der Waals surface area (Å²) in [7, 11) is 0. The number of para-hydroxylation sites is 1. The van der Waals surface area contributed by atoms with Crippen molar-refractivity contribution in [1.29, 1.82) is 0 Å². The molecule has 0 fully saturated rings. The van der Waals surface area contributed by atoms with Crippen molar-refractivity contribution in [2.45, 2.75) is 32.5 Å². The molecule has 2 aromatic carbocycles. The maximum atomic E-state index is 13.1. The number of alkyl halides is 3. The molecule has 21 heavy (non-hydrogen) atoms. The van der Waals surface area contributed by atoms with Gasteiger partial charge in [0.15, 0.2) is 0 Å². The van der Waals surface area contributed by atoms with Crippen molar-refractivity contribution in [1.82, 2.24) is 0 Å². The van der Waals surface area contributed by atoms with Crippen molar-refractivity contribution in [3.8, 4) is 0 Å². The third-order valence-electron chi connectivity index (χ3n) is 4.01. The van der Waals surface area contributed by atoms with Crippen LogP contribution < -0.4 is 5.32 Å². The van der Waals surface area contributed by atoms with Gasteiger partial charge in [-0.25, -0.2) is 0 Å². The number of aryl methyl sites for hydroxylation is 2. The second kappa shape index (κ2) is 4.79. The van der Waals surface area contributed by atoms with Gasteiger partial charge in [0, 0.05) is 0 Å². The van der Waals surface area contributed by atoms with Crippen molar-refractivity contribution in [2.75, 3.05) is 5.32 Å². The highest BCUT2D eigenvalue weighted by molar-refractivity contribution is 5.64. The fourth-order valence-corrected chi connectivity index (χ4v) is 2.95. The van der Waals surface area contributed by atoms with Gasteiger partial charge in [0.2, 0.25) is 0 Å². The third kappa shape index (κ3) is 2.50. The molecule has 1 nitrogen and oxygen atoms in total. The van der Waals surface area contributed by atoms with E-state index in [4.69, 9.17) is 0 Å². The number of fused-ring (bicyclic) bond motifs is 1. The van der Waals surface area contributed by atoms with Crippen LogP contribution in [0.2, 0.25) is 0 Å². The standard InChI is InChI=1S/C17H16F3N/c1-10-6-7-11(2)13(8-10)15-9-12-4-3-5-14(16(12)21-15)17(18,19)20/h3-8,15,21H,9H2,1-2H3. The predicted octanol–water partition coefficient (Wildman–Crippen LogP) is 5.03. The molecule has 1 N–H and O–H groups in total. The molecule has 0 aromatic heterocycles. The Hall–Kier alpha value is -1.97. The van der Waals surface area contributed by atoms with Crippen LogP contribution in [0.15, 0.2) is 36.4 Å². The smallest absolute Gasteiger partial charge is 0.377 e. The van der Waals surface area contributed by atoms with Crippen LogP contribution in [0.4, 0.5) is 18.9 Å². The SMILES string of the molecule is Cc1ccc(C)c(C2Cc3cccc(C(F)(F)F)c3N2)c1. The summed E-state index contributed by atoms with van der Waals surface area (Å²) >= 11 is 0. The number of hydrogen-bond acceptors (Lipinski definition) is 1. The van der Waals surface area contributed by atoms with E-state index in [-0.39, 0.29) is 11.7 Å². The number of anilines is 1. The van der Waals surface area contributed by atoms with Crippen LogP contribution in [0, 0.1) is 13.8 Å². The zero-order valence-corrected chi connectivity index (χ0v) is 11.9. The van der Waals surface area contributed by atoms with Crippen LogP contribution in [-0.2, 0) is 12.6 Å². The maximum absolute atomic E-state index is 13.1. The Morgan fingerprint density at radius 1 is 1.10 bits per heavy atom. The summed E-state index contributed by atoms with van der Waals surface area (Å²) in [6.45, 7) is 3.98. The van der Waals surface area contributed by atoms with Crippen LogP contribution in [0.25, 0.3) is 0 Å². The summed E-state index contributed by atoms with van der Waals surface area (Å²) in [6.07, 6.45) is -3.74. The van der Waals surface area contributed by atoms with Crippen LogP contribution in [0.5, 0.6) is 0 Å². The van der Waals surface area contributed by atoms with Gasteiger partial charge in [-0.05, 0) is 43.0 Å². The van der Waals surface area contributed by atoms with E-state index in [0.717, 1.165) is 28.3 Å². The van der Waals surface area contributed by atoms with Crippen LogP contribution in [0.1, 0.15) is 33.9 Å². The fraction of sp³-hybridized carbons (Fsp3) is 0.294. The zero-order chi connectivity index (χ0) is 15.2. The quantitative estimate of drug-likeness (QED) is 0.777. The molecule has 1 heterocycles. The van der Waals surface area contributed by atoms with Crippen molar-refractivity contribution >= 4 is 5.69 Å². The van der Waals surface area contributed by atoms with Gasteiger partial charge in [-0.2, -0.15) is 13.2 Å². The van der Waals surface area contributed by atoms with E-state index >= 15 is 0 Å². The van der Waals surface area contributed by atoms with E-state index in [1.54, 1.807) is 6.07 Å². The topological polar surface area (TPSA) is 12.0 Å². The number of hydrogen-bond donors (Lipinski definition) is 1. The summed E-state index contributed by atoms with van der Waals surface area (Å²) in [5.74, 6) is 0. The molecule has 1 aliphatic rings. The highest BCUT2D eigenvalue weighted by Crippen LogP contribution is 2.43. The van der Waals surface area contributed by atoms with Crippen LogP contribution in [0.3, 0.4) is 0 Å². The van der Waals surface area contributed by atoms with Crippen molar-refractivity contribution in [3.63, 3.8) is 0 Å². The second-order valence-corrected chi connectivity index (χ2v) is 5.60. The normalized spacial score (nSPS) is 17.5. The van der Waals surface area contributed by atoms with E-state index in [2.05, 4.69) is 5.32 Å². The Bertz CT molecular complexity index is 689. The molecule has 4 heteroatoms. The average molecular weight is 291 g/mol. The van der Waals surface area contributed by atoms with Gasteiger partial charge >= 0.3 is 6.18 Å². The first-order valence-corrected chi connectivity index (χ1v) is 6.89. The van der Waals surface area contributed by atoms with Crippen molar-refractivity contribution in [3.05, 3.63) is 64.2 Å². The average Bonchev–Trinajstić information content (AvgIpc) is 2.83. The minimum Gasteiger partial charge on any atom is -0.377 e. The minimum atomic E-state index is -4.32. The lowest BCUT2D eigenvalue weighted by atomic mass is 9.96. The monoisotopic (exact) mass is 291 g/mol. The van der Waals surface area contributed by atoms with Gasteiger partial charge in [-0.15, -0.1) is 0 Å². The molecule has 0 saturated heterocycles. The third-order valence-corrected chi connectivity index (χ3v) is 4.01. The summed E-state index contributed by atoms with van der Waals surface area (Å²) in [5.41, 5.74) is 3.67. The van der Waals surface area contributed by atoms with E-state index in [1.807, 2.05) is 32.0 Å². The molecule has 0 amide bonds. The summed E-state index contributed by atoms with van der Waals surface area (Å²) in [4.78, 5) is 0. The molecular weight excluding hydrogens is 275 g/mol. The van der Waals surface area contributed by atoms with E-state index in [0.29, 0.717) is 6.42 Å². The van der Waals surface area contributed by atoms with Gasteiger partial charge in [-0.1, -0.05) is 35.9 Å². The number of benzene rings is 2. The Morgan fingerprint density at radius 2 is 1.86 bits per heavy atom. The van der Waals surface area contributed by atoms with Gasteiger partial charge in [0.05, 0.1) is 17.3 Å². The molecule has 1 aliphatic heterocycles. The molecule has 0 radical (unpaired) electrons. The van der Waals surface area contributed by atoms with Gasteiger partial charge in [0.25, 0.3) is 0 Å². The molecule has 0 saturated carbocycles. The Kier molecular flexibility index (Phi) is 3.19. The van der Waals surface area contributed by atoms with Gasteiger partial charge in [-0.3, -0.25) is 0 Å². The minimum absolute atomic E-state index is 0.0941. The fourth-order valence-electron chi connectivity index (χ4n) is 2.95. The number of nitrogens with one attached hydrogen (secondary N) is 1. The molecule has 3 rings (SSSR count). The lowest BCUT2D eigenvalue weighted by Crippen LogP contribution is -2.11. The first kappa shape index (κ1) is 14.0. The van der Waals surface area contributed by atoms with E-state index in [9.17, 15) is 13.2 Å². The Balaban J connectivity index is 2.00. The zero-order valence-electron chi connectivity index (χ0n) is 11.9. The maximum Gasteiger partial charge on any atom is 0.418 e. The highest BCUT2D eigenvalue weighted by Gasteiger charge is 2.37. The number of halogens is 3. The van der Waals surface area contributed by atoms with E-state index in [1.165, 1.54) is 6.07 Å². The lowest BCUT2D eigenvalue weighted by Gasteiger charge is -2.17. The Morgan fingerprint density at radius 3 is 2.57 bits per heavy atom. The van der Waals surface area contributed by atoms with Crippen LogP contribution >= 0.6 is 0 Å². The van der Waals surface area contributed by atoms with Gasteiger partial charge < -0.3 is 5.32 Å². The highest BCUT2D eigenvalue weighted by atomic mass is 19.4. The lowest BCUT2D eigenvalue weighted by molar-refractivity contribution is -0.136. The van der Waals surface area contributed by atoms with Crippen molar-refractivity contribution < 1.29 is 13.2 Å². The Labute approximate surface area is 121 Å². The second-order valence-electron chi connectivity index (χ2n) is 5.60. The predicted molar refractivity (Wildman–Crippen MR) is 77.4 cm³/mol. The molecule has 1 unspecified atom stereocenters.